The first-order valence-corrected chi connectivity index (χ1v) is 9.70. The zero-order chi connectivity index (χ0) is 20.8. The molecular formula is C20H18N2O5S2. The number of hydrogen-bond acceptors (Lipinski definition) is 7. The van der Waals surface area contributed by atoms with Gasteiger partial charge in [-0.25, -0.2) is 0 Å². The van der Waals surface area contributed by atoms with E-state index in [1.54, 1.807) is 55.7 Å². The molecule has 0 saturated carbocycles. The SMILES string of the molecule is COc1ccc(NC(=O)COc2ccc(/C=C3\SC(=S)NC3=O)cc2OC)cc1. The van der Waals surface area contributed by atoms with E-state index in [-0.39, 0.29) is 18.4 Å². The molecule has 0 aromatic heterocycles. The zero-order valence-electron chi connectivity index (χ0n) is 15.7. The Morgan fingerprint density at radius 2 is 1.90 bits per heavy atom. The van der Waals surface area contributed by atoms with Crippen molar-refractivity contribution in [2.45, 2.75) is 0 Å². The molecule has 1 fully saturated rings. The van der Waals surface area contributed by atoms with Crippen LogP contribution in [0.4, 0.5) is 5.69 Å². The van der Waals surface area contributed by atoms with Gasteiger partial charge in [0.15, 0.2) is 18.1 Å². The molecule has 29 heavy (non-hydrogen) atoms. The van der Waals surface area contributed by atoms with Gasteiger partial charge in [0.25, 0.3) is 11.8 Å². The van der Waals surface area contributed by atoms with Crippen LogP contribution < -0.4 is 24.8 Å². The third-order valence-electron chi connectivity index (χ3n) is 3.86. The van der Waals surface area contributed by atoms with Crippen molar-refractivity contribution in [2.75, 3.05) is 26.1 Å². The molecule has 0 bridgehead atoms. The second-order valence-corrected chi connectivity index (χ2v) is 7.55. The maximum absolute atomic E-state index is 12.1. The van der Waals surface area contributed by atoms with Gasteiger partial charge in [-0.15, -0.1) is 0 Å². The number of nitrogens with one attached hydrogen (secondary N) is 2. The fourth-order valence-electron chi connectivity index (χ4n) is 2.48. The lowest BCUT2D eigenvalue weighted by atomic mass is 10.2. The van der Waals surface area contributed by atoms with Crippen molar-refractivity contribution in [3.05, 3.63) is 52.9 Å². The number of amides is 2. The van der Waals surface area contributed by atoms with Crippen molar-refractivity contribution in [3.63, 3.8) is 0 Å². The first kappa shape index (κ1) is 20.7. The van der Waals surface area contributed by atoms with Gasteiger partial charge < -0.3 is 24.8 Å². The number of thiocarbonyl (C=S) groups is 1. The minimum absolute atomic E-state index is 0.185. The van der Waals surface area contributed by atoms with Crippen LogP contribution in [0, 0.1) is 0 Å². The van der Waals surface area contributed by atoms with Gasteiger partial charge in [-0.1, -0.05) is 30.0 Å². The maximum atomic E-state index is 12.1. The second kappa shape index (κ2) is 9.44. The molecule has 2 aromatic carbocycles. The molecule has 1 heterocycles. The summed E-state index contributed by atoms with van der Waals surface area (Å²) >= 11 is 6.18. The van der Waals surface area contributed by atoms with Crippen LogP contribution >= 0.6 is 24.0 Å². The van der Waals surface area contributed by atoms with Crippen LogP contribution in [0.25, 0.3) is 6.08 Å². The first-order valence-electron chi connectivity index (χ1n) is 8.48. The molecule has 150 valence electrons. The Balaban J connectivity index is 1.63. The van der Waals surface area contributed by atoms with E-state index in [4.69, 9.17) is 26.4 Å². The molecule has 9 heteroatoms. The number of carbonyl (C=O) groups is 2. The average molecular weight is 431 g/mol. The topological polar surface area (TPSA) is 85.9 Å². The van der Waals surface area contributed by atoms with Gasteiger partial charge in [0.2, 0.25) is 0 Å². The number of anilines is 1. The number of hydrogen-bond donors (Lipinski definition) is 2. The molecule has 0 radical (unpaired) electrons. The largest absolute Gasteiger partial charge is 0.497 e. The fraction of sp³-hybridized carbons (Fsp3) is 0.150. The third kappa shape index (κ3) is 5.49. The summed E-state index contributed by atoms with van der Waals surface area (Å²) in [5.74, 6) is 1.03. The van der Waals surface area contributed by atoms with Crippen molar-refractivity contribution in [1.29, 1.82) is 0 Å². The molecule has 1 aliphatic heterocycles. The Morgan fingerprint density at radius 3 is 2.52 bits per heavy atom. The number of benzene rings is 2. The minimum Gasteiger partial charge on any atom is -0.497 e. The lowest BCUT2D eigenvalue weighted by Crippen LogP contribution is -2.20. The standard InChI is InChI=1S/C20H18N2O5S2/c1-25-14-6-4-13(5-7-14)21-18(23)11-27-15-8-3-12(9-16(15)26-2)10-17-19(24)22-20(28)29-17/h3-10H,11H2,1-2H3,(H,21,23)(H,22,24,28)/b17-10-. The van der Waals surface area contributed by atoms with Crippen LogP contribution in [0.5, 0.6) is 17.2 Å². The molecule has 1 saturated heterocycles. The number of carbonyl (C=O) groups excluding carboxylic acids is 2. The average Bonchev–Trinajstić information content (AvgIpc) is 3.04. The highest BCUT2D eigenvalue weighted by molar-refractivity contribution is 8.26. The number of thioether (sulfide) groups is 1. The van der Waals surface area contributed by atoms with Crippen molar-refractivity contribution < 1.29 is 23.8 Å². The number of ether oxygens (including phenoxy) is 3. The number of methoxy groups -OCH3 is 2. The van der Waals surface area contributed by atoms with Crippen LogP contribution in [0.1, 0.15) is 5.56 Å². The van der Waals surface area contributed by atoms with Crippen LogP contribution in [0.3, 0.4) is 0 Å². The summed E-state index contributed by atoms with van der Waals surface area (Å²) in [6.45, 7) is -0.185. The lowest BCUT2D eigenvalue weighted by molar-refractivity contribution is -0.118. The van der Waals surface area contributed by atoms with E-state index in [0.717, 1.165) is 5.56 Å². The molecular weight excluding hydrogens is 412 g/mol. The second-order valence-electron chi connectivity index (χ2n) is 5.83. The molecule has 7 nitrogen and oxygen atoms in total. The quantitative estimate of drug-likeness (QED) is 0.515. The third-order valence-corrected chi connectivity index (χ3v) is 5.02. The van der Waals surface area contributed by atoms with Crippen LogP contribution in [-0.2, 0) is 9.59 Å². The van der Waals surface area contributed by atoms with Gasteiger partial charge >= 0.3 is 0 Å². The Hall–Kier alpha value is -3.04. The molecule has 2 amide bonds. The molecule has 2 N–H and O–H groups in total. The molecule has 1 aliphatic rings. The molecule has 3 rings (SSSR count). The van der Waals surface area contributed by atoms with Crippen LogP contribution in [-0.4, -0.2) is 37.0 Å². The van der Waals surface area contributed by atoms with E-state index in [1.807, 2.05) is 0 Å². The van der Waals surface area contributed by atoms with E-state index in [1.165, 1.54) is 18.9 Å². The van der Waals surface area contributed by atoms with E-state index < -0.39 is 0 Å². The van der Waals surface area contributed by atoms with E-state index in [0.29, 0.717) is 32.2 Å². The number of rotatable bonds is 7. The summed E-state index contributed by atoms with van der Waals surface area (Å²) in [6.07, 6.45) is 1.71. The van der Waals surface area contributed by atoms with E-state index in [2.05, 4.69) is 10.6 Å². The van der Waals surface area contributed by atoms with Crippen molar-refractivity contribution >= 4 is 51.9 Å². The molecule has 0 spiro atoms. The summed E-state index contributed by atoms with van der Waals surface area (Å²) < 4.78 is 16.4. The van der Waals surface area contributed by atoms with Gasteiger partial charge in [0, 0.05) is 5.69 Å². The highest BCUT2D eigenvalue weighted by Crippen LogP contribution is 2.31. The fourth-order valence-corrected chi connectivity index (χ4v) is 3.52. The van der Waals surface area contributed by atoms with E-state index >= 15 is 0 Å². The highest BCUT2D eigenvalue weighted by atomic mass is 32.2. The Bertz CT molecular complexity index is 973. The minimum atomic E-state index is -0.309. The molecule has 0 atom stereocenters. The summed E-state index contributed by atoms with van der Waals surface area (Å²) in [5, 5.41) is 5.31. The van der Waals surface area contributed by atoms with Crippen LogP contribution in [0.15, 0.2) is 47.4 Å². The summed E-state index contributed by atoms with van der Waals surface area (Å²) in [6, 6.07) is 12.2. The summed E-state index contributed by atoms with van der Waals surface area (Å²) in [7, 11) is 3.08. The molecule has 2 aromatic rings. The summed E-state index contributed by atoms with van der Waals surface area (Å²) in [4.78, 5) is 24.4. The zero-order valence-corrected chi connectivity index (χ0v) is 17.3. The molecule has 0 unspecified atom stereocenters. The molecule has 0 aliphatic carbocycles. The Kier molecular flexibility index (Phi) is 6.73. The monoisotopic (exact) mass is 430 g/mol. The van der Waals surface area contributed by atoms with Gasteiger partial charge in [-0.05, 0) is 48.0 Å². The normalized spacial score (nSPS) is 14.5. The van der Waals surface area contributed by atoms with E-state index in [9.17, 15) is 9.59 Å². The van der Waals surface area contributed by atoms with Gasteiger partial charge in [-0.2, -0.15) is 0 Å². The predicted molar refractivity (Wildman–Crippen MR) is 116 cm³/mol. The Labute approximate surface area is 177 Å². The van der Waals surface area contributed by atoms with Crippen molar-refractivity contribution in [2.24, 2.45) is 0 Å². The smallest absolute Gasteiger partial charge is 0.263 e. The van der Waals surface area contributed by atoms with Crippen molar-refractivity contribution in [1.82, 2.24) is 5.32 Å². The first-order chi connectivity index (χ1) is 14.0. The summed E-state index contributed by atoms with van der Waals surface area (Å²) in [5.41, 5.74) is 1.39. The van der Waals surface area contributed by atoms with Crippen LogP contribution in [0.2, 0.25) is 0 Å². The van der Waals surface area contributed by atoms with Gasteiger partial charge in [0.05, 0.1) is 19.1 Å². The van der Waals surface area contributed by atoms with Gasteiger partial charge in [0.1, 0.15) is 10.1 Å². The predicted octanol–water partition coefficient (Wildman–Crippen LogP) is 3.21. The highest BCUT2D eigenvalue weighted by Gasteiger charge is 2.22. The Morgan fingerprint density at radius 1 is 1.14 bits per heavy atom. The van der Waals surface area contributed by atoms with Crippen molar-refractivity contribution in [3.8, 4) is 17.2 Å². The lowest BCUT2D eigenvalue weighted by Gasteiger charge is -2.12. The maximum Gasteiger partial charge on any atom is 0.263 e. The van der Waals surface area contributed by atoms with Gasteiger partial charge in [-0.3, -0.25) is 9.59 Å².